The molecule has 60 valence electrons. The van der Waals surface area contributed by atoms with Gasteiger partial charge in [0.25, 0.3) is 0 Å². The van der Waals surface area contributed by atoms with E-state index in [1.807, 2.05) is 4.99 Å². The van der Waals surface area contributed by atoms with E-state index in [9.17, 15) is 0 Å². The Bertz CT molecular complexity index is 86.7. The van der Waals surface area contributed by atoms with E-state index >= 15 is 0 Å². The smallest absolute Gasteiger partial charge is 0.0226 e. The predicted octanol–water partition coefficient (Wildman–Crippen LogP) is 4.11. The van der Waals surface area contributed by atoms with Crippen LogP contribution in [0.1, 0.15) is 39.5 Å². The van der Waals surface area contributed by atoms with Gasteiger partial charge in [-0.05, 0) is 17.3 Å². The lowest BCUT2D eigenvalue weighted by molar-refractivity contribution is 0.576. The summed E-state index contributed by atoms with van der Waals surface area (Å²) in [5, 5.41) is 0. The highest BCUT2D eigenvalue weighted by Gasteiger charge is 1.94. The predicted molar refractivity (Wildman–Crippen MR) is 51.4 cm³/mol. The van der Waals surface area contributed by atoms with Gasteiger partial charge in [0.05, 0.1) is 0 Å². The molecule has 0 saturated carbocycles. The zero-order chi connectivity index (χ0) is 7.82. The Kier molecular flexibility index (Phi) is 7.49. The van der Waals surface area contributed by atoms with Crippen LogP contribution in [0.5, 0.6) is 0 Å². The molecule has 0 fully saturated rings. The van der Waals surface area contributed by atoms with Crippen molar-refractivity contribution in [3.63, 3.8) is 0 Å². The molecule has 0 aliphatic rings. The zero-order valence-electron chi connectivity index (χ0n) is 6.94. The van der Waals surface area contributed by atoms with E-state index in [4.69, 9.17) is 0 Å². The lowest BCUT2D eigenvalue weighted by Crippen LogP contribution is -1.88. The molecule has 0 nitrogen and oxygen atoms in total. The van der Waals surface area contributed by atoms with Crippen molar-refractivity contribution in [1.82, 2.24) is 0 Å². The van der Waals surface area contributed by atoms with Gasteiger partial charge < -0.3 is 0 Å². The van der Waals surface area contributed by atoms with Gasteiger partial charge in [-0.2, -0.15) is 0 Å². The van der Waals surface area contributed by atoms with Gasteiger partial charge in [0, 0.05) is 0 Å². The highest BCUT2D eigenvalue weighted by Crippen LogP contribution is 2.10. The Labute approximate surface area is 72.8 Å². The van der Waals surface area contributed by atoms with Crippen molar-refractivity contribution in [3.05, 3.63) is 11.1 Å². The number of hydrogen-bond donors (Lipinski definition) is 0. The molecule has 0 aliphatic carbocycles. The molecule has 0 saturated heterocycles. The van der Waals surface area contributed by atoms with Crippen molar-refractivity contribution in [2.45, 2.75) is 39.5 Å². The van der Waals surface area contributed by atoms with Crippen LogP contribution in [0.2, 0.25) is 0 Å². The lowest BCUT2D eigenvalue weighted by atomic mass is 10.0. The number of unbranched alkanes of at least 4 members (excludes halogenated alkanes) is 2. The highest BCUT2D eigenvalue weighted by molar-refractivity contribution is 9.11. The SMILES string of the molecule is CCCCC[C@@H](C)/C=C/Br. The molecule has 0 aliphatic heterocycles. The second kappa shape index (κ2) is 7.33. The minimum Gasteiger partial charge on any atom is -0.0748 e. The number of halogens is 1. The van der Waals surface area contributed by atoms with Crippen molar-refractivity contribution >= 4 is 15.9 Å². The van der Waals surface area contributed by atoms with Gasteiger partial charge >= 0.3 is 0 Å². The van der Waals surface area contributed by atoms with E-state index < -0.39 is 0 Å². The maximum absolute atomic E-state index is 3.28. The van der Waals surface area contributed by atoms with Crippen LogP contribution in [0.15, 0.2) is 11.1 Å². The fourth-order valence-electron chi connectivity index (χ4n) is 0.937. The monoisotopic (exact) mass is 204 g/mol. The summed E-state index contributed by atoms with van der Waals surface area (Å²) >= 11 is 3.28. The summed E-state index contributed by atoms with van der Waals surface area (Å²) < 4.78 is 0. The maximum atomic E-state index is 3.28. The third-order valence-electron chi connectivity index (χ3n) is 1.66. The van der Waals surface area contributed by atoms with Gasteiger partial charge in [0.1, 0.15) is 0 Å². The molecule has 0 rings (SSSR count). The molecular weight excluding hydrogens is 188 g/mol. The van der Waals surface area contributed by atoms with E-state index in [-0.39, 0.29) is 0 Å². The molecular formula is C9H17Br. The Morgan fingerprint density at radius 2 is 2.10 bits per heavy atom. The van der Waals surface area contributed by atoms with Gasteiger partial charge in [-0.15, -0.1) is 0 Å². The molecule has 0 heterocycles. The topological polar surface area (TPSA) is 0 Å². The standard InChI is InChI=1S/C9H17Br/c1-3-4-5-6-9(2)7-8-10/h7-9H,3-6H2,1-2H3/b8-7+/t9-/m1/s1. The van der Waals surface area contributed by atoms with Crippen LogP contribution in [0.25, 0.3) is 0 Å². The van der Waals surface area contributed by atoms with Crippen LogP contribution in [-0.2, 0) is 0 Å². The van der Waals surface area contributed by atoms with E-state index in [2.05, 4.69) is 35.9 Å². The van der Waals surface area contributed by atoms with Crippen molar-refractivity contribution < 1.29 is 0 Å². The minimum atomic E-state index is 0.742. The molecule has 0 unspecified atom stereocenters. The van der Waals surface area contributed by atoms with Crippen molar-refractivity contribution in [3.8, 4) is 0 Å². The molecule has 0 N–H and O–H groups in total. The normalized spacial score (nSPS) is 14.3. The zero-order valence-corrected chi connectivity index (χ0v) is 8.52. The Hall–Kier alpha value is 0.220. The largest absolute Gasteiger partial charge is 0.0748 e. The Balaban J connectivity index is 3.13. The summed E-state index contributed by atoms with van der Waals surface area (Å²) in [5.41, 5.74) is 0. The van der Waals surface area contributed by atoms with Crippen molar-refractivity contribution in [1.29, 1.82) is 0 Å². The van der Waals surface area contributed by atoms with Crippen molar-refractivity contribution in [2.24, 2.45) is 5.92 Å². The molecule has 0 aromatic carbocycles. The van der Waals surface area contributed by atoms with Gasteiger partial charge in [0.2, 0.25) is 0 Å². The average molecular weight is 205 g/mol. The first-order chi connectivity index (χ1) is 4.81. The first kappa shape index (κ1) is 10.2. The van der Waals surface area contributed by atoms with E-state index in [1.54, 1.807) is 0 Å². The van der Waals surface area contributed by atoms with Crippen molar-refractivity contribution in [2.75, 3.05) is 0 Å². The van der Waals surface area contributed by atoms with Crippen LogP contribution in [-0.4, -0.2) is 0 Å². The molecule has 0 aromatic heterocycles. The minimum absolute atomic E-state index is 0.742. The van der Waals surface area contributed by atoms with Crippen LogP contribution in [0.4, 0.5) is 0 Å². The van der Waals surface area contributed by atoms with Crippen LogP contribution < -0.4 is 0 Å². The third kappa shape index (κ3) is 6.34. The van der Waals surface area contributed by atoms with Crippen LogP contribution in [0.3, 0.4) is 0 Å². The van der Waals surface area contributed by atoms with Crippen LogP contribution in [0, 0.1) is 5.92 Å². The average Bonchev–Trinajstić information content (AvgIpc) is 1.89. The summed E-state index contributed by atoms with van der Waals surface area (Å²) in [4.78, 5) is 1.96. The second-order valence-electron chi connectivity index (χ2n) is 2.79. The van der Waals surface area contributed by atoms with Crippen LogP contribution >= 0.6 is 15.9 Å². The quantitative estimate of drug-likeness (QED) is 0.592. The van der Waals surface area contributed by atoms with Gasteiger partial charge in [-0.25, -0.2) is 0 Å². The molecule has 1 heteroatoms. The summed E-state index contributed by atoms with van der Waals surface area (Å²) in [6.45, 7) is 4.50. The summed E-state index contributed by atoms with van der Waals surface area (Å²) in [6.07, 6.45) is 7.60. The molecule has 0 radical (unpaired) electrons. The number of rotatable bonds is 5. The second-order valence-corrected chi connectivity index (χ2v) is 3.32. The Morgan fingerprint density at radius 3 is 2.60 bits per heavy atom. The highest BCUT2D eigenvalue weighted by atomic mass is 79.9. The molecule has 1 atom stereocenters. The Morgan fingerprint density at radius 1 is 1.40 bits per heavy atom. The maximum Gasteiger partial charge on any atom is -0.0226 e. The molecule has 0 aromatic rings. The van der Waals surface area contributed by atoms with Gasteiger partial charge in [-0.3, -0.25) is 0 Å². The lowest BCUT2D eigenvalue weighted by Gasteiger charge is -2.03. The number of allylic oxidation sites excluding steroid dienone is 1. The summed E-state index contributed by atoms with van der Waals surface area (Å²) in [7, 11) is 0. The molecule has 0 spiro atoms. The van der Waals surface area contributed by atoms with Gasteiger partial charge in [0.15, 0.2) is 0 Å². The summed E-state index contributed by atoms with van der Waals surface area (Å²) in [6, 6.07) is 0. The third-order valence-corrected chi connectivity index (χ3v) is 1.97. The fraction of sp³-hybridized carbons (Fsp3) is 0.778. The van der Waals surface area contributed by atoms with E-state index in [1.165, 1.54) is 25.7 Å². The van der Waals surface area contributed by atoms with E-state index in [0.29, 0.717) is 0 Å². The molecule has 10 heavy (non-hydrogen) atoms. The summed E-state index contributed by atoms with van der Waals surface area (Å²) in [5.74, 6) is 0.742. The first-order valence-corrected chi connectivity index (χ1v) is 4.99. The van der Waals surface area contributed by atoms with E-state index in [0.717, 1.165) is 5.92 Å². The number of hydrogen-bond acceptors (Lipinski definition) is 0. The molecule has 0 amide bonds. The molecule has 0 bridgehead atoms. The fourth-order valence-corrected chi connectivity index (χ4v) is 1.46. The van der Waals surface area contributed by atoms with Gasteiger partial charge in [-0.1, -0.05) is 55.1 Å². The first-order valence-electron chi connectivity index (χ1n) is 4.08.